The Balaban J connectivity index is 1.94. The first-order chi connectivity index (χ1) is 8.25. The highest BCUT2D eigenvalue weighted by molar-refractivity contribution is 5.67. The minimum absolute atomic E-state index is 0.171. The number of nitrogens with zero attached hydrogens (tertiary/aromatic N) is 2. The van der Waals surface area contributed by atoms with E-state index in [9.17, 15) is 4.79 Å². The number of carboxylic acid groups (broad SMARTS) is 1. The molecule has 1 aliphatic rings. The van der Waals surface area contributed by atoms with E-state index in [4.69, 9.17) is 5.11 Å². The SMILES string of the molecule is O=C(O)CCc1ccc(N2CCCCC2)nc1. The van der Waals surface area contributed by atoms with E-state index in [-0.39, 0.29) is 6.42 Å². The van der Waals surface area contributed by atoms with E-state index in [1.54, 1.807) is 6.20 Å². The number of piperidine rings is 1. The van der Waals surface area contributed by atoms with Gasteiger partial charge in [-0.2, -0.15) is 0 Å². The number of aryl methyl sites for hydroxylation is 1. The molecule has 0 saturated carbocycles. The second kappa shape index (κ2) is 5.66. The van der Waals surface area contributed by atoms with Crippen LogP contribution in [0.3, 0.4) is 0 Å². The lowest BCUT2D eigenvalue weighted by molar-refractivity contribution is -0.136. The smallest absolute Gasteiger partial charge is 0.303 e. The third-order valence-corrected chi connectivity index (χ3v) is 3.12. The van der Waals surface area contributed by atoms with Gasteiger partial charge in [0.05, 0.1) is 0 Å². The number of anilines is 1. The van der Waals surface area contributed by atoms with Gasteiger partial charge >= 0.3 is 5.97 Å². The van der Waals surface area contributed by atoms with E-state index < -0.39 is 5.97 Å². The van der Waals surface area contributed by atoms with Crippen LogP contribution in [0.4, 0.5) is 5.82 Å². The zero-order valence-electron chi connectivity index (χ0n) is 9.93. The van der Waals surface area contributed by atoms with Gasteiger partial charge in [0.25, 0.3) is 0 Å². The van der Waals surface area contributed by atoms with Crippen LogP contribution >= 0.6 is 0 Å². The van der Waals surface area contributed by atoms with E-state index in [1.807, 2.05) is 12.1 Å². The fourth-order valence-corrected chi connectivity index (χ4v) is 2.13. The number of rotatable bonds is 4. The number of pyridine rings is 1. The van der Waals surface area contributed by atoms with Crippen LogP contribution in [0.5, 0.6) is 0 Å². The molecule has 2 heterocycles. The topological polar surface area (TPSA) is 53.4 Å². The molecule has 0 aromatic carbocycles. The second-order valence-corrected chi connectivity index (χ2v) is 4.47. The van der Waals surface area contributed by atoms with Gasteiger partial charge in [-0.05, 0) is 37.3 Å². The Morgan fingerprint density at radius 2 is 2.06 bits per heavy atom. The van der Waals surface area contributed by atoms with Gasteiger partial charge in [-0.1, -0.05) is 6.07 Å². The molecule has 1 aromatic heterocycles. The van der Waals surface area contributed by atoms with Crippen molar-refractivity contribution in [3.63, 3.8) is 0 Å². The Hall–Kier alpha value is -1.58. The van der Waals surface area contributed by atoms with Crippen LogP contribution in [0.25, 0.3) is 0 Å². The summed E-state index contributed by atoms with van der Waals surface area (Å²) in [4.78, 5) is 17.2. The summed E-state index contributed by atoms with van der Waals surface area (Å²) in [6, 6.07) is 3.99. The molecule has 92 valence electrons. The molecular formula is C13H18N2O2. The molecule has 4 nitrogen and oxygen atoms in total. The molecule has 0 unspecified atom stereocenters. The summed E-state index contributed by atoms with van der Waals surface area (Å²) in [5.74, 6) is 0.258. The monoisotopic (exact) mass is 234 g/mol. The van der Waals surface area contributed by atoms with Crippen LogP contribution in [0.1, 0.15) is 31.2 Å². The van der Waals surface area contributed by atoms with E-state index >= 15 is 0 Å². The first kappa shape index (κ1) is 11.9. The predicted octanol–water partition coefficient (Wildman–Crippen LogP) is 2.09. The van der Waals surface area contributed by atoms with Crippen molar-refractivity contribution in [3.8, 4) is 0 Å². The largest absolute Gasteiger partial charge is 0.481 e. The molecule has 0 amide bonds. The lowest BCUT2D eigenvalue weighted by atomic mass is 10.1. The van der Waals surface area contributed by atoms with Gasteiger partial charge in [-0.3, -0.25) is 4.79 Å². The molecule has 1 saturated heterocycles. The number of aliphatic carboxylic acids is 1. The second-order valence-electron chi connectivity index (χ2n) is 4.47. The van der Waals surface area contributed by atoms with Crippen molar-refractivity contribution in [1.29, 1.82) is 0 Å². The van der Waals surface area contributed by atoms with Crippen LogP contribution in [0.15, 0.2) is 18.3 Å². The van der Waals surface area contributed by atoms with E-state index in [1.165, 1.54) is 19.3 Å². The highest BCUT2D eigenvalue weighted by atomic mass is 16.4. The molecule has 1 fully saturated rings. The number of carboxylic acids is 1. The average molecular weight is 234 g/mol. The quantitative estimate of drug-likeness (QED) is 0.866. The Morgan fingerprint density at radius 1 is 1.29 bits per heavy atom. The Morgan fingerprint density at radius 3 is 2.65 bits per heavy atom. The maximum atomic E-state index is 10.5. The first-order valence-corrected chi connectivity index (χ1v) is 6.17. The van der Waals surface area contributed by atoms with Crippen molar-refractivity contribution in [3.05, 3.63) is 23.9 Å². The molecule has 0 aliphatic carbocycles. The molecule has 2 rings (SSSR count). The molecule has 0 atom stereocenters. The summed E-state index contributed by atoms with van der Waals surface area (Å²) in [5, 5.41) is 8.60. The molecule has 0 radical (unpaired) electrons. The first-order valence-electron chi connectivity index (χ1n) is 6.17. The Labute approximate surface area is 101 Å². The number of carbonyl (C=O) groups is 1. The van der Waals surface area contributed by atoms with Gasteiger partial charge in [0, 0.05) is 25.7 Å². The van der Waals surface area contributed by atoms with Crippen LogP contribution in [0.2, 0.25) is 0 Å². The van der Waals surface area contributed by atoms with E-state index in [2.05, 4.69) is 9.88 Å². The van der Waals surface area contributed by atoms with Crippen LogP contribution in [0, 0.1) is 0 Å². The van der Waals surface area contributed by atoms with Gasteiger partial charge in [0.1, 0.15) is 5.82 Å². The minimum Gasteiger partial charge on any atom is -0.481 e. The number of aromatic nitrogens is 1. The summed E-state index contributed by atoms with van der Waals surface area (Å²) in [5.41, 5.74) is 0.994. The molecule has 4 heteroatoms. The number of hydrogen-bond donors (Lipinski definition) is 1. The normalized spacial score (nSPS) is 15.9. The van der Waals surface area contributed by atoms with Crippen molar-refractivity contribution in [2.24, 2.45) is 0 Å². The van der Waals surface area contributed by atoms with Crippen molar-refractivity contribution in [2.45, 2.75) is 32.1 Å². The molecular weight excluding hydrogens is 216 g/mol. The zero-order valence-corrected chi connectivity index (χ0v) is 9.93. The average Bonchev–Trinajstić information content (AvgIpc) is 2.38. The third-order valence-electron chi connectivity index (χ3n) is 3.12. The van der Waals surface area contributed by atoms with Crippen LogP contribution in [-0.2, 0) is 11.2 Å². The predicted molar refractivity (Wildman–Crippen MR) is 66.3 cm³/mol. The number of hydrogen-bond acceptors (Lipinski definition) is 3. The molecule has 17 heavy (non-hydrogen) atoms. The van der Waals surface area contributed by atoms with Gasteiger partial charge in [-0.15, -0.1) is 0 Å². The molecule has 1 aromatic rings. The van der Waals surface area contributed by atoms with Crippen molar-refractivity contribution in [1.82, 2.24) is 4.98 Å². The fraction of sp³-hybridized carbons (Fsp3) is 0.538. The van der Waals surface area contributed by atoms with Gasteiger partial charge in [0.15, 0.2) is 0 Å². The maximum Gasteiger partial charge on any atom is 0.303 e. The summed E-state index contributed by atoms with van der Waals surface area (Å²) in [6.07, 6.45) is 6.32. The third kappa shape index (κ3) is 3.44. The summed E-state index contributed by atoms with van der Waals surface area (Å²) in [7, 11) is 0. The van der Waals surface area contributed by atoms with Gasteiger partial charge in [0.2, 0.25) is 0 Å². The molecule has 1 aliphatic heterocycles. The Kier molecular flexibility index (Phi) is 3.96. The van der Waals surface area contributed by atoms with E-state index in [0.717, 1.165) is 24.5 Å². The summed E-state index contributed by atoms with van der Waals surface area (Å²) in [6.45, 7) is 2.17. The van der Waals surface area contributed by atoms with Crippen molar-refractivity contribution < 1.29 is 9.90 Å². The molecule has 0 spiro atoms. The summed E-state index contributed by atoms with van der Waals surface area (Å²) < 4.78 is 0. The zero-order chi connectivity index (χ0) is 12.1. The van der Waals surface area contributed by atoms with Crippen LogP contribution in [-0.4, -0.2) is 29.1 Å². The maximum absolute atomic E-state index is 10.5. The highest BCUT2D eigenvalue weighted by Crippen LogP contribution is 2.17. The van der Waals surface area contributed by atoms with Gasteiger partial charge < -0.3 is 10.0 Å². The lowest BCUT2D eigenvalue weighted by Gasteiger charge is -2.27. The standard InChI is InChI=1S/C13H18N2O2/c16-13(17)7-5-11-4-6-12(14-10-11)15-8-2-1-3-9-15/h4,6,10H,1-3,5,7-9H2,(H,16,17). The van der Waals surface area contributed by atoms with Crippen molar-refractivity contribution in [2.75, 3.05) is 18.0 Å². The molecule has 1 N–H and O–H groups in total. The molecule has 0 bridgehead atoms. The van der Waals surface area contributed by atoms with Gasteiger partial charge in [-0.25, -0.2) is 4.98 Å². The fourth-order valence-electron chi connectivity index (χ4n) is 2.13. The van der Waals surface area contributed by atoms with Crippen LogP contribution < -0.4 is 4.90 Å². The Bertz CT molecular complexity index is 370. The minimum atomic E-state index is -0.759. The lowest BCUT2D eigenvalue weighted by Crippen LogP contribution is -2.30. The van der Waals surface area contributed by atoms with E-state index in [0.29, 0.717) is 6.42 Å². The summed E-state index contributed by atoms with van der Waals surface area (Å²) >= 11 is 0. The van der Waals surface area contributed by atoms with Crippen molar-refractivity contribution >= 4 is 11.8 Å². The highest BCUT2D eigenvalue weighted by Gasteiger charge is 2.11.